The zero-order valence-corrected chi connectivity index (χ0v) is 15.5. The molecule has 1 aromatic heterocycles. The second-order valence-corrected chi connectivity index (χ2v) is 6.72. The van der Waals surface area contributed by atoms with Crippen LogP contribution in [0.25, 0.3) is 11.1 Å². The van der Waals surface area contributed by atoms with Gasteiger partial charge in [0, 0.05) is 18.7 Å². The number of nitrogens with zero attached hydrogens (tertiary/aromatic N) is 1. The van der Waals surface area contributed by atoms with Crippen LogP contribution in [0, 0.1) is 6.92 Å². The van der Waals surface area contributed by atoms with E-state index in [4.69, 9.17) is 4.42 Å². The maximum absolute atomic E-state index is 12.4. The van der Waals surface area contributed by atoms with Crippen molar-refractivity contribution in [3.05, 3.63) is 60.0 Å². The number of hydrogen-bond donors (Lipinski definition) is 2. The van der Waals surface area contributed by atoms with E-state index in [1.54, 1.807) is 0 Å². The number of oxazole rings is 1. The first-order chi connectivity index (χ1) is 12.5. The number of rotatable bonds is 7. The van der Waals surface area contributed by atoms with Gasteiger partial charge in [0.15, 0.2) is 11.5 Å². The third kappa shape index (κ3) is 4.63. The van der Waals surface area contributed by atoms with E-state index in [0.717, 1.165) is 29.6 Å². The first kappa shape index (κ1) is 18.0. The molecule has 0 spiro atoms. The molecule has 3 rings (SSSR count). The molecule has 0 bridgehead atoms. The molecule has 5 heteroatoms. The summed E-state index contributed by atoms with van der Waals surface area (Å²) in [7, 11) is 0. The van der Waals surface area contributed by atoms with Crippen molar-refractivity contribution in [1.82, 2.24) is 10.3 Å². The molecule has 2 atom stereocenters. The highest BCUT2D eigenvalue weighted by molar-refractivity contribution is 5.85. The molecule has 0 radical (unpaired) electrons. The van der Waals surface area contributed by atoms with Crippen molar-refractivity contribution in [2.45, 2.75) is 45.7 Å². The second-order valence-electron chi connectivity index (χ2n) is 6.72. The molecule has 0 saturated carbocycles. The summed E-state index contributed by atoms with van der Waals surface area (Å²) in [5.74, 6) is 0.622. The van der Waals surface area contributed by atoms with E-state index in [1.807, 2.05) is 57.2 Å². The van der Waals surface area contributed by atoms with Crippen LogP contribution in [-0.2, 0) is 11.2 Å². The third-order valence-corrected chi connectivity index (χ3v) is 4.37. The molecule has 0 aliphatic heterocycles. The van der Waals surface area contributed by atoms with Crippen molar-refractivity contribution in [3.63, 3.8) is 0 Å². The molecule has 0 unspecified atom stereocenters. The van der Waals surface area contributed by atoms with E-state index in [9.17, 15) is 4.79 Å². The highest BCUT2D eigenvalue weighted by atomic mass is 16.3. The van der Waals surface area contributed by atoms with E-state index in [1.165, 1.54) is 5.56 Å². The van der Waals surface area contributed by atoms with Gasteiger partial charge in [-0.3, -0.25) is 4.79 Å². The Morgan fingerprint density at radius 2 is 1.92 bits per heavy atom. The molecule has 0 saturated heterocycles. The van der Waals surface area contributed by atoms with Gasteiger partial charge < -0.3 is 15.1 Å². The van der Waals surface area contributed by atoms with Gasteiger partial charge in [-0.2, -0.15) is 0 Å². The van der Waals surface area contributed by atoms with Gasteiger partial charge in [-0.25, -0.2) is 4.98 Å². The first-order valence-electron chi connectivity index (χ1n) is 8.99. The molecule has 2 N–H and O–H groups in total. The van der Waals surface area contributed by atoms with Gasteiger partial charge in [-0.1, -0.05) is 30.3 Å². The maximum atomic E-state index is 12.4. The summed E-state index contributed by atoms with van der Waals surface area (Å²) in [6.45, 7) is 5.72. The summed E-state index contributed by atoms with van der Waals surface area (Å²) in [6, 6.07) is 15.8. The van der Waals surface area contributed by atoms with Crippen LogP contribution >= 0.6 is 0 Å². The predicted molar refractivity (Wildman–Crippen MR) is 104 cm³/mol. The molecule has 136 valence electrons. The highest BCUT2D eigenvalue weighted by Crippen LogP contribution is 2.20. The minimum atomic E-state index is -0.334. The Balaban J connectivity index is 1.51. The molecule has 26 heavy (non-hydrogen) atoms. The van der Waals surface area contributed by atoms with Gasteiger partial charge in [0.05, 0.1) is 0 Å². The number of carbonyl (C=O) groups excluding carboxylic acids is 1. The highest BCUT2D eigenvalue weighted by Gasteiger charge is 2.15. The predicted octanol–water partition coefficient (Wildman–Crippen LogP) is 4.07. The summed E-state index contributed by atoms with van der Waals surface area (Å²) in [4.78, 5) is 16.7. The molecule has 0 aliphatic carbocycles. The molecule has 3 aromatic rings. The summed E-state index contributed by atoms with van der Waals surface area (Å²) in [5, 5.41) is 6.30. The topological polar surface area (TPSA) is 67.2 Å². The van der Waals surface area contributed by atoms with Crippen LogP contribution in [0.15, 0.2) is 52.9 Å². The first-order valence-corrected chi connectivity index (χ1v) is 8.99. The van der Waals surface area contributed by atoms with Gasteiger partial charge >= 0.3 is 0 Å². The average Bonchev–Trinajstić information content (AvgIpc) is 3.00. The van der Waals surface area contributed by atoms with Crippen LogP contribution in [-0.4, -0.2) is 23.0 Å². The zero-order valence-electron chi connectivity index (χ0n) is 15.5. The van der Waals surface area contributed by atoms with Gasteiger partial charge in [0.25, 0.3) is 0 Å². The van der Waals surface area contributed by atoms with Crippen molar-refractivity contribution < 1.29 is 9.21 Å². The van der Waals surface area contributed by atoms with Crippen molar-refractivity contribution >= 4 is 22.7 Å². The standard InChI is InChI=1S/C21H25N3O2/c1-14(9-10-17-7-5-4-6-8-17)22-21(25)15(2)23-18-11-12-20-19(13-18)24-16(3)26-20/h4-8,11-15,23H,9-10H2,1-3H3,(H,22,25)/t14-,15+/m0/s1. The minimum Gasteiger partial charge on any atom is -0.441 e. The lowest BCUT2D eigenvalue weighted by atomic mass is 10.1. The van der Waals surface area contributed by atoms with Crippen molar-refractivity contribution in [3.8, 4) is 0 Å². The fourth-order valence-corrected chi connectivity index (χ4v) is 2.92. The molecule has 0 aliphatic rings. The minimum absolute atomic E-state index is 0.0120. The van der Waals surface area contributed by atoms with Gasteiger partial charge in [-0.15, -0.1) is 0 Å². The Kier molecular flexibility index (Phi) is 5.56. The number of nitrogens with one attached hydrogen (secondary N) is 2. The van der Waals surface area contributed by atoms with E-state index >= 15 is 0 Å². The Hall–Kier alpha value is -2.82. The molecule has 1 heterocycles. The maximum Gasteiger partial charge on any atom is 0.242 e. The number of benzene rings is 2. The lowest BCUT2D eigenvalue weighted by Gasteiger charge is -2.19. The van der Waals surface area contributed by atoms with Crippen molar-refractivity contribution in [2.75, 3.05) is 5.32 Å². The number of anilines is 1. The Morgan fingerprint density at radius 3 is 2.69 bits per heavy atom. The second kappa shape index (κ2) is 8.04. The monoisotopic (exact) mass is 351 g/mol. The molecule has 0 fully saturated rings. The number of aromatic nitrogens is 1. The number of carbonyl (C=O) groups is 1. The summed E-state index contributed by atoms with van der Waals surface area (Å²) in [5.41, 5.74) is 3.68. The fourth-order valence-electron chi connectivity index (χ4n) is 2.92. The van der Waals surface area contributed by atoms with Crippen LogP contribution in [0.4, 0.5) is 5.69 Å². The lowest BCUT2D eigenvalue weighted by Crippen LogP contribution is -2.42. The Bertz CT molecular complexity index is 873. The summed E-state index contributed by atoms with van der Waals surface area (Å²) in [6.07, 6.45) is 1.86. The van der Waals surface area contributed by atoms with Gasteiger partial charge in [0.1, 0.15) is 11.6 Å². The number of fused-ring (bicyclic) bond motifs is 1. The molecule has 1 amide bonds. The number of aryl methyl sites for hydroxylation is 2. The largest absolute Gasteiger partial charge is 0.441 e. The van der Waals surface area contributed by atoms with Crippen molar-refractivity contribution in [2.24, 2.45) is 0 Å². The summed E-state index contributed by atoms with van der Waals surface area (Å²) < 4.78 is 5.47. The number of hydrogen-bond acceptors (Lipinski definition) is 4. The molecular weight excluding hydrogens is 326 g/mol. The fraction of sp³-hybridized carbons (Fsp3) is 0.333. The SMILES string of the molecule is Cc1nc2cc(N[C@H](C)C(=O)N[C@@H](C)CCc3ccccc3)ccc2o1. The zero-order chi connectivity index (χ0) is 18.5. The normalized spacial score (nSPS) is 13.3. The van der Waals surface area contributed by atoms with E-state index in [-0.39, 0.29) is 18.0 Å². The van der Waals surface area contributed by atoms with E-state index < -0.39 is 0 Å². The smallest absolute Gasteiger partial charge is 0.242 e. The van der Waals surface area contributed by atoms with Gasteiger partial charge in [-0.05, 0) is 50.5 Å². The van der Waals surface area contributed by atoms with Crippen LogP contribution in [0.1, 0.15) is 31.7 Å². The lowest BCUT2D eigenvalue weighted by molar-refractivity contribution is -0.122. The van der Waals surface area contributed by atoms with Gasteiger partial charge in [0.2, 0.25) is 5.91 Å². The average molecular weight is 351 g/mol. The molecular formula is C21H25N3O2. The van der Waals surface area contributed by atoms with Crippen LogP contribution in [0.2, 0.25) is 0 Å². The molecule has 5 nitrogen and oxygen atoms in total. The summed E-state index contributed by atoms with van der Waals surface area (Å²) >= 11 is 0. The van der Waals surface area contributed by atoms with E-state index in [0.29, 0.717) is 5.89 Å². The number of amides is 1. The third-order valence-electron chi connectivity index (χ3n) is 4.37. The van der Waals surface area contributed by atoms with Crippen LogP contribution < -0.4 is 10.6 Å². The van der Waals surface area contributed by atoms with Crippen molar-refractivity contribution in [1.29, 1.82) is 0 Å². The quantitative estimate of drug-likeness (QED) is 0.673. The van der Waals surface area contributed by atoms with Crippen LogP contribution in [0.5, 0.6) is 0 Å². The van der Waals surface area contributed by atoms with Crippen LogP contribution in [0.3, 0.4) is 0 Å². The Labute approximate surface area is 153 Å². The molecule has 2 aromatic carbocycles. The Morgan fingerprint density at radius 1 is 1.15 bits per heavy atom. The van der Waals surface area contributed by atoms with E-state index in [2.05, 4.69) is 27.8 Å².